The van der Waals surface area contributed by atoms with Crippen LogP contribution >= 0.6 is 22.7 Å². The van der Waals surface area contributed by atoms with Gasteiger partial charge in [-0.15, -0.1) is 22.7 Å². The number of aliphatic hydroxyl groups excluding tert-OH is 1. The normalized spacial score (nSPS) is 15.3. The third-order valence-corrected chi connectivity index (χ3v) is 5.52. The third kappa shape index (κ3) is 4.21. The van der Waals surface area contributed by atoms with E-state index in [2.05, 4.69) is 22.8 Å². The van der Waals surface area contributed by atoms with Crippen LogP contribution in [0.15, 0.2) is 29.0 Å². The number of carbonyl (C=O) groups is 1. The van der Waals surface area contributed by atoms with Gasteiger partial charge in [0.15, 0.2) is 0 Å². The molecule has 4 nitrogen and oxygen atoms in total. The summed E-state index contributed by atoms with van der Waals surface area (Å²) in [6, 6.07) is 5.89. The maximum Gasteiger partial charge on any atom is 0.264 e. The Morgan fingerprint density at radius 1 is 1.26 bits per heavy atom. The van der Waals surface area contributed by atoms with E-state index < -0.39 is 0 Å². The van der Waals surface area contributed by atoms with Crippen molar-refractivity contribution in [3.63, 3.8) is 0 Å². The van der Waals surface area contributed by atoms with Gasteiger partial charge in [-0.25, -0.2) is 0 Å². The zero-order chi connectivity index (χ0) is 16.1. The Balaban J connectivity index is 1.51. The van der Waals surface area contributed by atoms with Crippen LogP contribution in [0.1, 0.15) is 20.1 Å². The number of amides is 1. The standard InChI is InChI=1S/C17H18N2O2S2/c20-9-1-3-14-11-15(23-13-14)12-18-5-7-19(8-6-18)17(21)16-4-2-10-22-16/h2,4,10-11,13,20H,5-9,12H2. The predicted octanol–water partition coefficient (Wildman–Crippen LogP) is 2.11. The van der Waals surface area contributed by atoms with Crippen molar-refractivity contribution in [2.24, 2.45) is 0 Å². The maximum atomic E-state index is 12.3. The third-order valence-electron chi connectivity index (χ3n) is 3.74. The first-order valence-electron chi connectivity index (χ1n) is 7.48. The van der Waals surface area contributed by atoms with Crippen molar-refractivity contribution in [1.82, 2.24) is 9.80 Å². The van der Waals surface area contributed by atoms with Gasteiger partial charge in [0.05, 0.1) is 4.88 Å². The molecule has 2 aromatic rings. The van der Waals surface area contributed by atoms with Gasteiger partial charge in [-0.1, -0.05) is 17.9 Å². The van der Waals surface area contributed by atoms with Gasteiger partial charge in [0.1, 0.15) is 6.61 Å². The molecule has 23 heavy (non-hydrogen) atoms. The highest BCUT2D eigenvalue weighted by molar-refractivity contribution is 7.12. The number of hydrogen-bond donors (Lipinski definition) is 1. The molecule has 2 aromatic heterocycles. The van der Waals surface area contributed by atoms with Gasteiger partial charge < -0.3 is 10.0 Å². The summed E-state index contributed by atoms with van der Waals surface area (Å²) >= 11 is 3.20. The second-order valence-corrected chi connectivity index (χ2v) is 7.25. The molecular weight excluding hydrogens is 328 g/mol. The summed E-state index contributed by atoms with van der Waals surface area (Å²) in [6.45, 7) is 4.13. The number of rotatable bonds is 3. The van der Waals surface area contributed by atoms with E-state index >= 15 is 0 Å². The van der Waals surface area contributed by atoms with Crippen molar-refractivity contribution >= 4 is 28.6 Å². The van der Waals surface area contributed by atoms with E-state index in [0.717, 1.165) is 43.2 Å². The molecule has 0 aliphatic carbocycles. The lowest BCUT2D eigenvalue weighted by molar-refractivity contribution is 0.0634. The molecule has 1 aliphatic rings. The van der Waals surface area contributed by atoms with Crippen LogP contribution in [-0.4, -0.2) is 53.6 Å². The summed E-state index contributed by atoms with van der Waals surface area (Å²) < 4.78 is 0. The van der Waals surface area contributed by atoms with Crippen LogP contribution in [0.2, 0.25) is 0 Å². The van der Waals surface area contributed by atoms with Crippen LogP contribution in [0.5, 0.6) is 0 Å². The molecule has 0 unspecified atom stereocenters. The number of nitrogens with zero attached hydrogens (tertiary/aromatic N) is 2. The fraction of sp³-hybridized carbons (Fsp3) is 0.353. The Hall–Kier alpha value is -1.65. The zero-order valence-electron chi connectivity index (χ0n) is 12.7. The summed E-state index contributed by atoms with van der Waals surface area (Å²) in [5, 5.41) is 12.7. The molecule has 1 amide bonds. The molecule has 0 saturated carbocycles. The first-order valence-corrected chi connectivity index (χ1v) is 9.24. The molecule has 1 fully saturated rings. The lowest BCUT2D eigenvalue weighted by Gasteiger charge is -2.34. The number of carbonyl (C=O) groups excluding carboxylic acids is 1. The van der Waals surface area contributed by atoms with Crippen LogP contribution in [-0.2, 0) is 6.54 Å². The fourth-order valence-corrected chi connectivity index (χ4v) is 4.10. The Morgan fingerprint density at radius 2 is 2.09 bits per heavy atom. The van der Waals surface area contributed by atoms with Gasteiger partial charge >= 0.3 is 0 Å². The van der Waals surface area contributed by atoms with E-state index in [-0.39, 0.29) is 12.5 Å². The summed E-state index contributed by atoms with van der Waals surface area (Å²) in [6.07, 6.45) is 0. The molecule has 120 valence electrons. The van der Waals surface area contributed by atoms with E-state index in [4.69, 9.17) is 5.11 Å². The largest absolute Gasteiger partial charge is 0.384 e. The van der Waals surface area contributed by atoms with Gasteiger partial charge in [-0.05, 0) is 17.5 Å². The molecule has 1 saturated heterocycles. The van der Waals surface area contributed by atoms with Crippen LogP contribution in [0.3, 0.4) is 0 Å². The minimum Gasteiger partial charge on any atom is -0.384 e. The minimum absolute atomic E-state index is 0.106. The van der Waals surface area contributed by atoms with Crippen LogP contribution in [0.4, 0.5) is 0 Å². The summed E-state index contributed by atoms with van der Waals surface area (Å²) in [4.78, 5) is 18.7. The van der Waals surface area contributed by atoms with Crippen molar-refractivity contribution in [1.29, 1.82) is 0 Å². The van der Waals surface area contributed by atoms with Crippen molar-refractivity contribution in [3.8, 4) is 11.8 Å². The smallest absolute Gasteiger partial charge is 0.264 e. The lowest BCUT2D eigenvalue weighted by Crippen LogP contribution is -2.48. The number of thiophene rings is 2. The van der Waals surface area contributed by atoms with Gasteiger partial charge in [0.2, 0.25) is 0 Å². The number of aliphatic hydroxyl groups is 1. The average Bonchev–Trinajstić information content (AvgIpc) is 3.25. The highest BCUT2D eigenvalue weighted by Gasteiger charge is 2.22. The molecule has 1 aliphatic heterocycles. The fourth-order valence-electron chi connectivity index (χ4n) is 2.56. The van der Waals surface area contributed by atoms with Gasteiger partial charge in [-0.3, -0.25) is 9.69 Å². The Kier molecular flexibility index (Phi) is 5.47. The highest BCUT2D eigenvalue weighted by Crippen LogP contribution is 2.18. The minimum atomic E-state index is -0.106. The summed E-state index contributed by atoms with van der Waals surface area (Å²) in [7, 11) is 0. The summed E-state index contributed by atoms with van der Waals surface area (Å²) in [5.74, 6) is 5.75. The van der Waals surface area contributed by atoms with Crippen molar-refractivity contribution in [2.45, 2.75) is 6.54 Å². The molecule has 0 spiro atoms. The monoisotopic (exact) mass is 346 g/mol. The second kappa shape index (κ2) is 7.75. The molecule has 0 radical (unpaired) electrons. The first-order chi connectivity index (χ1) is 11.3. The molecule has 3 rings (SSSR count). The predicted molar refractivity (Wildman–Crippen MR) is 93.8 cm³/mol. The van der Waals surface area contributed by atoms with E-state index in [1.807, 2.05) is 27.8 Å². The first kappa shape index (κ1) is 16.2. The quantitative estimate of drug-likeness (QED) is 0.866. The Labute approximate surface area is 144 Å². The topological polar surface area (TPSA) is 43.8 Å². The van der Waals surface area contributed by atoms with E-state index in [1.54, 1.807) is 11.3 Å². The van der Waals surface area contributed by atoms with E-state index in [1.165, 1.54) is 16.2 Å². The van der Waals surface area contributed by atoms with Crippen molar-refractivity contribution in [2.75, 3.05) is 32.8 Å². The van der Waals surface area contributed by atoms with Gasteiger partial charge in [0.25, 0.3) is 5.91 Å². The molecule has 6 heteroatoms. The van der Waals surface area contributed by atoms with E-state index in [0.29, 0.717) is 0 Å². The van der Waals surface area contributed by atoms with Crippen molar-refractivity contribution < 1.29 is 9.90 Å². The second-order valence-electron chi connectivity index (χ2n) is 5.31. The van der Waals surface area contributed by atoms with Gasteiger partial charge in [0, 0.05) is 48.5 Å². The number of hydrogen-bond acceptors (Lipinski definition) is 5. The molecule has 3 heterocycles. The molecule has 0 aromatic carbocycles. The Morgan fingerprint density at radius 3 is 2.78 bits per heavy atom. The highest BCUT2D eigenvalue weighted by atomic mass is 32.1. The molecule has 0 bridgehead atoms. The van der Waals surface area contributed by atoms with Crippen molar-refractivity contribution in [3.05, 3.63) is 44.3 Å². The van der Waals surface area contributed by atoms with Crippen LogP contribution < -0.4 is 0 Å². The SMILES string of the molecule is O=C(c1cccs1)N1CCN(Cc2cc(C#CCO)cs2)CC1. The van der Waals surface area contributed by atoms with Gasteiger partial charge in [-0.2, -0.15) is 0 Å². The maximum absolute atomic E-state index is 12.3. The van der Waals surface area contributed by atoms with E-state index in [9.17, 15) is 4.79 Å². The zero-order valence-corrected chi connectivity index (χ0v) is 14.3. The average molecular weight is 346 g/mol. The van der Waals surface area contributed by atoms with Crippen LogP contribution in [0, 0.1) is 11.8 Å². The number of piperazine rings is 1. The Bertz CT molecular complexity index is 705. The van der Waals surface area contributed by atoms with Crippen LogP contribution in [0.25, 0.3) is 0 Å². The molecular formula is C17H18N2O2S2. The summed E-state index contributed by atoms with van der Waals surface area (Å²) in [5.41, 5.74) is 0.963. The molecule has 1 N–H and O–H groups in total. The lowest BCUT2D eigenvalue weighted by atomic mass is 10.2. The molecule has 0 atom stereocenters.